The highest BCUT2D eigenvalue weighted by atomic mass is 79.9. The normalized spacial score (nSPS) is 19.3. The third-order valence-corrected chi connectivity index (χ3v) is 6.70. The van der Waals surface area contributed by atoms with Crippen LogP contribution in [0.3, 0.4) is 0 Å². The fourth-order valence-electron chi connectivity index (χ4n) is 2.49. The molecule has 0 radical (unpaired) electrons. The number of alkyl halides is 1. The fourth-order valence-corrected chi connectivity index (χ4v) is 5.36. The largest absolute Gasteiger partial charge is 0.242 e. The van der Waals surface area contributed by atoms with Crippen molar-refractivity contribution in [3.63, 3.8) is 0 Å². The van der Waals surface area contributed by atoms with E-state index in [9.17, 15) is 8.42 Å². The van der Waals surface area contributed by atoms with Crippen molar-refractivity contribution in [2.24, 2.45) is 0 Å². The molecule has 0 atom stereocenters. The minimum absolute atomic E-state index is 0.155. The van der Waals surface area contributed by atoms with Gasteiger partial charge in [-0.2, -0.15) is 0 Å². The van der Waals surface area contributed by atoms with Crippen molar-refractivity contribution in [2.75, 3.05) is 5.33 Å². The standard InChI is InChI=1S/C13H17BrClNO2S/c14-10-13(8-4-1-5-9-13)16-19(17,18)12-7-3-2-6-11(12)15/h2-3,6-7,16H,1,4-5,8-10H2. The summed E-state index contributed by atoms with van der Waals surface area (Å²) in [6.45, 7) is 0. The van der Waals surface area contributed by atoms with Gasteiger partial charge in [0.15, 0.2) is 0 Å². The molecule has 0 heterocycles. The maximum Gasteiger partial charge on any atom is 0.242 e. The summed E-state index contributed by atoms with van der Waals surface area (Å²) in [6.07, 6.45) is 5.00. The second-order valence-corrected chi connectivity index (χ2v) is 7.63. The van der Waals surface area contributed by atoms with Gasteiger partial charge in [-0.05, 0) is 25.0 Å². The van der Waals surface area contributed by atoms with Gasteiger partial charge in [0.1, 0.15) is 4.90 Å². The van der Waals surface area contributed by atoms with E-state index < -0.39 is 10.0 Å². The van der Waals surface area contributed by atoms with Crippen LogP contribution in [0.5, 0.6) is 0 Å². The van der Waals surface area contributed by atoms with Gasteiger partial charge in [-0.3, -0.25) is 0 Å². The van der Waals surface area contributed by atoms with Crippen molar-refractivity contribution in [3.05, 3.63) is 29.3 Å². The summed E-state index contributed by atoms with van der Waals surface area (Å²) < 4.78 is 27.8. The second kappa shape index (κ2) is 6.12. The highest BCUT2D eigenvalue weighted by molar-refractivity contribution is 9.09. The molecule has 106 valence electrons. The lowest BCUT2D eigenvalue weighted by molar-refractivity contribution is 0.301. The first-order valence-electron chi connectivity index (χ1n) is 6.34. The summed E-state index contributed by atoms with van der Waals surface area (Å²) in [6, 6.07) is 6.54. The minimum Gasteiger partial charge on any atom is -0.207 e. The SMILES string of the molecule is O=S(=O)(NC1(CBr)CCCCC1)c1ccccc1Cl. The highest BCUT2D eigenvalue weighted by Gasteiger charge is 2.36. The first kappa shape index (κ1) is 15.3. The molecule has 3 nitrogen and oxygen atoms in total. The summed E-state index contributed by atoms with van der Waals surface area (Å²) in [5, 5.41) is 0.888. The minimum atomic E-state index is -3.57. The Bertz CT molecular complexity index is 541. The molecule has 1 saturated carbocycles. The second-order valence-electron chi connectivity index (χ2n) is 5.01. The van der Waals surface area contributed by atoms with E-state index in [1.54, 1.807) is 18.2 Å². The molecule has 1 aromatic rings. The fraction of sp³-hybridized carbons (Fsp3) is 0.538. The number of hydrogen-bond donors (Lipinski definition) is 1. The van der Waals surface area contributed by atoms with Crippen LogP contribution in [-0.4, -0.2) is 19.3 Å². The van der Waals surface area contributed by atoms with Crippen LogP contribution >= 0.6 is 27.5 Å². The molecular formula is C13H17BrClNO2S. The summed E-state index contributed by atoms with van der Waals surface area (Å²) in [4.78, 5) is 0.155. The Hall–Kier alpha value is -0.100. The number of rotatable bonds is 4. The molecular weight excluding hydrogens is 350 g/mol. The van der Waals surface area contributed by atoms with Gasteiger partial charge in [-0.1, -0.05) is 58.9 Å². The summed E-state index contributed by atoms with van der Waals surface area (Å²) >= 11 is 9.44. The number of nitrogens with one attached hydrogen (secondary N) is 1. The quantitative estimate of drug-likeness (QED) is 0.826. The molecule has 1 N–H and O–H groups in total. The van der Waals surface area contributed by atoms with E-state index in [1.807, 2.05) is 0 Å². The Balaban J connectivity index is 2.28. The van der Waals surface area contributed by atoms with Gasteiger partial charge in [-0.25, -0.2) is 13.1 Å². The van der Waals surface area contributed by atoms with Crippen LogP contribution in [0.4, 0.5) is 0 Å². The van der Waals surface area contributed by atoms with Crippen molar-refractivity contribution in [1.82, 2.24) is 4.72 Å². The first-order valence-corrected chi connectivity index (χ1v) is 9.32. The van der Waals surface area contributed by atoms with Crippen LogP contribution in [-0.2, 0) is 10.0 Å². The van der Waals surface area contributed by atoms with Gasteiger partial charge >= 0.3 is 0 Å². The van der Waals surface area contributed by atoms with Gasteiger partial charge < -0.3 is 0 Å². The molecule has 2 rings (SSSR count). The molecule has 19 heavy (non-hydrogen) atoms. The van der Waals surface area contributed by atoms with Crippen LogP contribution in [0.15, 0.2) is 29.2 Å². The average molecular weight is 367 g/mol. The maximum absolute atomic E-state index is 12.5. The van der Waals surface area contributed by atoms with Gasteiger partial charge in [-0.15, -0.1) is 0 Å². The Morgan fingerprint density at radius 3 is 2.42 bits per heavy atom. The van der Waals surface area contributed by atoms with E-state index in [0.717, 1.165) is 25.7 Å². The predicted octanol–water partition coefficient (Wildman–Crippen LogP) is 3.72. The van der Waals surface area contributed by atoms with Crippen LogP contribution < -0.4 is 4.72 Å². The van der Waals surface area contributed by atoms with Crippen LogP contribution in [0.2, 0.25) is 5.02 Å². The van der Waals surface area contributed by atoms with Gasteiger partial charge in [0, 0.05) is 10.9 Å². The van der Waals surface area contributed by atoms with E-state index in [1.165, 1.54) is 12.5 Å². The predicted molar refractivity (Wildman–Crippen MR) is 81.4 cm³/mol. The molecule has 0 amide bonds. The zero-order valence-electron chi connectivity index (χ0n) is 10.5. The highest BCUT2D eigenvalue weighted by Crippen LogP contribution is 2.32. The van der Waals surface area contributed by atoms with Crippen molar-refractivity contribution in [3.8, 4) is 0 Å². The Morgan fingerprint density at radius 2 is 1.84 bits per heavy atom. The van der Waals surface area contributed by atoms with Crippen molar-refractivity contribution >= 4 is 37.6 Å². The summed E-state index contributed by atoms with van der Waals surface area (Å²) in [5.41, 5.74) is -0.379. The van der Waals surface area contributed by atoms with E-state index >= 15 is 0 Å². The third-order valence-electron chi connectivity index (χ3n) is 3.54. The van der Waals surface area contributed by atoms with E-state index in [4.69, 9.17) is 11.6 Å². The molecule has 0 saturated heterocycles. The molecule has 6 heteroatoms. The van der Waals surface area contributed by atoms with Crippen molar-refractivity contribution in [2.45, 2.75) is 42.5 Å². The zero-order valence-corrected chi connectivity index (χ0v) is 13.7. The zero-order chi connectivity index (χ0) is 13.9. The van der Waals surface area contributed by atoms with Gasteiger partial charge in [0.25, 0.3) is 0 Å². The van der Waals surface area contributed by atoms with Crippen molar-refractivity contribution in [1.29, 1.82) is 0 Å². The number of hydrogen-bond acceptors (Lipinski definition) is 2. The number of halogens is 2. The lowest BCUT2D eigenvalue weighted by Crippen LogP contribution is -2.51. The van der Waals surface area contributed by atoms with E-state index in [0.29, 0.717) is 5.33 Å². The lowest BCUT2D eigenvalue weighted by Gasteiger charge is -2.36. The topological polar surface area (TPSA) is 46.2 Å². The monoisotopic (exact) mass is 365 g/mol. The molecule has 1 fully saturated rings. The van der Waals surface area contributed by atoms with Gasteiger partial charge in [0.05, 0.1) is 5.02 Å². The Kier molecular flexibility index (Phi) is 4.93. The smallest absolute Gasteiger partial charge is 0.207 e. The Morgan fingerprint density at radius 1 is 1.21 bits per heavy atom. The molecule has 0 unspecified atom stereocenters. The maximum atomic E-state index is 12.5. The molecule has 0 spiro atoms. The number of sulfonamides is 1. The molecule has 1 aliphatic carbocycles. The van der Waals surface area contributed by atoms with Gasteiger partial charge in [0.2, 0.25) is 10.0 Å². The molecule has 1 aromatic carbocycles. The molecule has 0 aliphatic heterocycles. The summed E-state index contributed by atoms with van der Waals surface area (Å²) in [5.74, 6) is 0. The van der Waals surface area contributed by atoms with Crippen LogP contribution in [0.25, 0.3) is 0 Å². The third kappa shape index (κ3) is 3.51. The first-order chi connectivity index (χ1) is 8.99. The summed E-state index contributed by atoms with van der Waals surface area (Å²) in [7, 11) is -3.57. The number of benzene rings is 1. The molecule has 0 bridgehead atoms. The van der Waals surface area contributed by atoms with E-state index in [2.05, 4.69) is 20.7 Å². The van der Waals surface area contributed by atoms with E-state index in [-0.39, 0.29) is 15.5 Å². The lowest BCUT2D eigenvalue weighted by atomic mass is 9.84. The Labute approximate surface area is 127 Å². The molecule has 1 aliphatic rings. The van der Waals surface area contributed by atoms with Crippen LogP contribution in [0, 0.1) is 0 Å². The average Bonchev–Trinajstić information content (AvgIpc) is 2.39. The van der Waals surface area contributed by atoms with Crippen LogP contribution in [0.1, 0.15) is 32.1 Å². The van der Waals surface area contributed by atoms with Crippen molar-refractivity contribution < 1.29 is 8.42 Å². The molecule has 0 aromatic heterocycles.